The maximum Gasteiger partial charge on any atom is 0.278 e. The number of nitrogens with zero attached hydrogens (tertiary/aromatic N) is 1. The number of aromatic nitrogens is 1. The second kappa shape index (κ2) is 5.71. The van der Waals surface area contributed by atoms with Crippen molar-refractivity contribution in [3.8, 4) is 10.6 Å². The van der Waals surface area contributed by atoms with Gasteiger partial charge in [0, 0.05) is 0 Å². The lowest BCUT2D eigenvalue weighted by molar-refractivity contribution is 0.102. The maximum absolute atomic E-state index is 12.3. The Morgan fingerprint density at radius 3 is 2.95 bits per heavy atom. The molecule has 0 saturated heterocycles. The lowest BCUT2D eigenvalue weighted by Crippen LogP contribution is -2.13. The molecule has 21 heavy (non-hydrogen) atoms. The van der Waals surface area contributed by atoms with Crippen LogP contribution in [0.15, 0.2) is 46.5 Å². The van der Waals surface area contributed by atoms with Crippen LogP contribution in [0.2, 0.25) is 5.02 Å². The van der Waals surface area contributed by atoms with Gasteiger partial charge in [-0.1, -0.05) is 23.7 Å². The normalized spacial score (nSPS) is 10.6. The molecule has 0 radical (unpaired) electrons. The summed E-state index contributed by atoms with van der Waals surface area (Å²) in [5.41, 5.74) is 1.82. The number of benzene rings is 1. The zero-order valence-corrected chi connectivity index (χ0v) is 12.7. The molecule has 0 spiro atoms. The molecule has 2 heterocycles. The summed E-state index contributed by atoms with van der Waals surface area (Å²) >= 11 is 7.60. The van der Waals surface area contributed by atoms with Crippen LogP contribution in [-0.2, 0) is 0 Å². The molecule has 0 fully saturated rings. The molecule has 1 aromatic carbocycles. The molecule has 106 valence electrons. The molecule has 3 aromatic rings. The van der Waals surface area contributed by atoms with Gasteiger partial charge in [0.15, 0.2) is 17.8 Å². The van der Waals surface area contributed by atoms with E-state index in [1.54, 1.807) is 12.1 Å². The summed E-state index contributed by atoms with van der Waals surface area (Å²) in [6.07, 6.45) is 1.26. The second-order valence-corrected chi connectivity index (χ2v) is 5.80. The minimum atomic E-state index is -0.349. The Balaban J connectivity index is 1.88. The number of aryl methyl sites for hydroxylation is 1. The van der Waals surface area contributed by atoms with Crippen molar-refractivity contribution in [3.63, 3.8) is 0 Å². The number of thiophene rings is 1. The molecule has 1 amide bonds. The van der Waals surface area contributed by atoms with E-state index in [-0.39, 0.29) is 11.6 Å². The standard InChI is InChI=1S/C15H11ClN2O2S/c1-9-4-5-11(10(16)7-9)18-15(19)13-14(20-8-17-13)12-3-2-6-21-12/h2-8H,1H3,(H,18,19). The van der Waals surface area contributed by atoms with Gasteiger partial charge in [0.2, 0.25) is 0 Å². The first-order valence-electron chi connectivity index (χ1n) is 6.20. The average Bonchev–Trinajstić information content (AvgIpc) is 3.10. The van der Waals surface area contributed by atoms with E-state index in [4.69, 9.17) is 16.0 Å². The lowest BCUT2D eigenvalue weighted by Gasteiger charge is -2.07. The second-order valence-electron chi connectivity index (χ2n) is 4.44. The molecule has 0 saturated carbocycles. The Hall–Kier alpha value is -2.11. The lowest BCUT2D eigenvalue weighted by atomic mass is 10.2. The number of amides is 1. The Morgan fingerprint density at radius 1 is 1.38 bits per heavy atom. The highest BCUT2D eigenvalue weighted by atomic mass is 35.5. The summed E-state index contributed by atoms with van der Waals surface area (Å²) in [7, 11) is 0. The van der Waals surface area contributed by atoms with Crippen LogP contribution in [-0.4, -0.2) is 10.9 Å². The van der Waals surface area contributed by atoms with Gasteiger partial charge in [-0.25, -0.2) is 4.98 Å². The van der Waals surface area contributed by atoms with Crippen LogP contribution in [0, 0.1) is 6.92 Å². The van der Waals surface area contributed by atoms with Gasteiger partial charge >= 0.3 is 0 Å². The molecule has 6 heteroatoms. The fraction of sp³-hybridized carbons (Fsp3) is 0.0667. The number of rotatable bonds is 3. The Morgan fingerprint density at radius 2 is 2.24 bits per heavy atom. The average molecular weight is 319 g/mol. The van der Waals surface area contributed by atoms with Gasteiger partial charge in [-0.15, -0.1) is 11.3 Å². The molecule has 0 unspecified atom stereocenters. The molecule has 3 rings (SSSR count). The van der Waals surface area contributed by atoms with E-state index in [0.717, 1.165) is 10.4 Å². The molecule has 0 atom stereocenters. The molecule has 0 bridgehead atoms. The Kier molecular flexibility index (Phi) is 3.77. The summed E-state index contributed by atoms with van der Waals surface area (Å²) in [5.74, 6) is 0.114. The van der Waals surface area contributed by atoms with Gasteiger partial charge in [-0.2, -0.15) is 0 Å². The van der Waals surface area contributed by atoms with Crippen LogP contribution >= 0.6 is 22.9 Å². The van der Waals surface area contributed by atoms with E-state index >= 15 is 0 Å². The smallest absolute Gasteiger partial charge is 0.278 e. The fourth-order valence-corrected chi connectivity index (χ4v) is 2.89. The first kappa shape index (κ1) is 13.9. The quantitative estimate of drug-likeness (QED) is 0.766. The van der Waals surface area contributed by atoms with Crippen molar-refractivity contribution in [2.75, 3.05) is 5.32 Å². The van der Waals surface area contributed by atoms with Gasteiger partial charge in [-0.3, -0.25) is 4.79 Å². The summed E-state index contributed by atoms with van der Waals surface area (Å²) < 4.78 is 5.32. The third kappa shape index (κ3) is 2.84. The van der Waals surface area contributed by atoms with Crippen molar-refractivity contribution in [2.24, 2.45) is 0 Å². The zero-order valence-electron chi connectivity index (χ0n) is 11.1. The van der Waals surface area contributed by atoms with Crippen molar-refractivity contribution in [1.29, 1.82) is 0 Å². The van der Waals surface area contributed by atoms with Gasteiger partial charge < -0.3 is 9.73 Å². The highest BCUT2D eigenvalue weighted by Crippen LogP contribution is 2.29. The van der Waals surface area contributed by atoms with Crippen LogP contribution < -0.4 is 5.32 Å². The minimum Gasteiger partial charge on any atom is -0.442 e. The highest BCUT2D eigenvalue weighted by Gasteiger charge is 2.19. The number of oxazole rings is 1. The molecule has 0 aliphatic carbocycles. The van der Waals surface area contributed by atoms with E-state index in [0.29, 0.717) is 16.5 Å². The summed E-state index contributed by atoms with van der Waals surface area (Å²) in [6, 6.07) is 9.20. The van der Waals surface area contributed by atoms with Crippen molar-refractivity contribution in [3.05, 3.63) is 58.4 Å². The summed E-state index contributed by atoms with van der Waals surface area (Å²) in [5, 5.41) is 5.16. The highest BCUT2D eigenvalue weighted by molar-refractivity contribution is 7.13. The summed E-state index contributed by atoms with van der Waals surface area (Å²) in [6.45, 7) is 1.93. The van der Waals surface area contributed by atoms with Crippen molar-refractivity contribution in [1.82, 2.24) is 4.98 Å². The number of carbonyl (C=O) groups excluding carboxylic acids is 1. The first-order chi connectivity index (χ1) is 10.1. The summed E-state index contributed by atoms with van der Waals surface area (Å²) in [4.78, 5) is 17.2. The topological polar surface area (TPSA) is 55.1 Å². The monoisotopic (exact) mass is 318 g/mol. The van der Waals surface area contributed by atoms with E-state index < -0.39 is 0 Å². The number of hydrogen-bond donors (Lipinski definition) is 1. The van der Waals surface area contributed by atoms with Gasteiger partial charge in [0.1, 0.15) is 0 Å². The number of carbonyl (C=O) groups is 1. The van der Waals surface area contributed by atoms with Crippen LogP contribution in [0.5, 0.6) is 0 Å². The van der Waals surface area contributed by atoms with Gasteiger partial charge in [-0.05, 0) is 36.1 Å². The van der Waals surface area contributed by atoms with Crippen LogP contribution in [0.25, 0.3) is 10.6 Å². The number of hydrogen-bond acceptors (Lipinski definition) is 4. The maximum atomic E-state index is 12.3. The molecule has 0 aliphatic rings. The van der Waals surface area contributed by atoms with Crippen molar-refractivity contribution in [2.45, 2.75) is 6.92 Å². The SMILES string of the molecule is Cc1ccc(NC(=O)c2ncoc2-c2cccs2)c(Cl)c1. The van der Waals surface area contributed by atoms with E-state index in [9.17, 15) is 4.79 Å². The van der Waals surface area contributed by atoms with E-state index in [1.807, 2.05) is 30.5 Å². The largest absolute Gasteiger partial charge is 0.442 e. The van der Waals surface area contributed by atoms with Gasteiger partial charge in [0.25, 0.3) is 5.91 Å². The third-order valence-electron chi connectivity index (χ3n) is 2.90. The first-order valence-corrected chi connectivity index (χ1v) is 7.46. The van der Waals surface area contributed by atoms with Crippen LogP contribution in [0.4, 0.5) is 5.69 Å². The molecule has 0 aliphatic heterocycles. The van der Waals surface area contributed by atoms with Crippen LogP contribution in [0.3, 0.4) is 0 Å². The molecule has 2 aromatic heterocycles. The van der Waals surface area contributed by atoms with Gasteiger partial charge in [0.05, 0.1) is 15.6 Å². The zero-order chi connectivity index (χ0) is 14.8. The molecule has 1 N–H and O–H groups in total. The number of nitrogens with one attached hydrogen (secondary N) is 1. The molecular weight excluding hydrogens is 308 g/mol. The van der Waals surface area contributed by atoms with E-state index in [2.05, 4.69) is 10.3 Å². The fourth-order valence-electron chi connectivity index (χ4n) is 1.89. The Bertz CT molecular complexity index is 781. The Labute approximate surface area is 130 Å². The minimum absolute atomic E-state index is 0.245. The number of anilines is 1. The van der Waals surface area contributed by atoms with Crippen LogP contribution in [0.1, 0.15) is 16.1 Å². The van der Waals surface area contributed by atoms with Crippen molar-refractivity contribution >= 4 is 34.5 Å². The van der Waals surface area contributed by atoms with Crippen molar-refractivity contribution < 1.29 is 9.21 Å². The number of halogens is 1. The third-order valence-corrected chi connectivity index (χ3v) is 4.08. The molecular formula is C15H11ClN2O2S. The van der Waals surface area contributed by atoms with E-state index in [1.165, 1.54) is 17.7 Å². The predicted octanol–water partition coefficient (Wildman–Crippen LogP) is 4.62. The predicted molar refractivity (Wildman–Crippen MR) is 84.0 cm³/mol. The molecule has 4 nitrogen and oxygen atoms in total.